The second-order valence-corrected chi connectivity index (χ2v) is 7.19. The zero-order valence-corrected chi connectivity index (χ0v) is 14.9. The molecule has 0 fully saturated rings. The monoisotopic (exact) mass is 343 g/mol. The quantitative estimate of drug-likeness (QED) is 0.747. The van der Waals surface area contributed by atoms with E-state index in [1.165, 1.54) is 0 Å². The highest BCUT2D eigenvalue weighted by Gasteiger charge is 2.16. The zero-order valence-electron chi connectivity index (χ0n) is 14.1. The van der Waals surface area contributed by atoms with E-state index in [0.29, 0.717) is 12.3 Å². The van der Waals surface area contributed by atoms with Crippen LogP contribution in [-0.2, 0) is 18.4 Å². The molecule has 2 heterocycles. The van der Waals surface area contributed by atoms with Gasteiger partial charge in [-0.15, -0.1) is 11.8 Å². The van der Waals surface area contributed by atoms with Gasteiger partial charge < -0.3 is 9.88 Å². The van der Waals surface area contributed by atoms with E-state index in [9.17, 15) is 4.79 Å². The summed E-state index contributed by atoms with van der Waals surface area (Å²) >= 11 is 1.59. The van der Waals surface area contributed by atoms with E-state index in [0.717, 1.165) is 22.4 Å². The molecule has 3 rings (SSSR count). The summed E-state index contributed by atoms with van der Waals surface area (Å²) in [6.07, 6.45) is 3.71. The second-order valence-electron chi connectivity index (χ2n) is 5.86. The molecule has 0 spiro atoms. The molecule has 24 heavy (non-hydrogen) atoms. The van der Waals surface area contributed by atoms with Crippen molar-refractivity contribution < 1.29 is 4.79 Å². The molecular formula is C17H21N5OS. The minimum atomic E-state index is 0.104. The van der Waals surface area contributed by atoms with Crippen LogP contribution in [0.25, 0.3) is 11.0 Å². The summed E-state index contributed by atoms with van der Waals surface area (Å²) < 4.78 is 1.74. The molecule has 1 amide bonds. The number of rotatable bonds is 6. The smallest absolute Gasteiger partial charge is 0.232 e. The lowest BCUT2D eigenvalue weighted by Crippen LogP contribution is -2.27. The first-order valence-electron chi connectivity index (χ1n) is 7.80. The standard InChI is InChI=1S/C17H21N5OS/c1-12(17-19-14-6-4-5-7-15(14)20-17)24-11-16(23)21(2)9-13-8-18-22(3)10-13/h4-8,10,12H,9,11H2,1-3H3,(H,19,20). The van der Waals surface area contributed by atoms with Crippen molar-refractivity contribution in [1.29, 1.82) is 0 Å². The van der Waals surface area contributed by atoms with Crippen LogP contribution in [0.5, 0.6) is 0 Å². The Labute approximate surface area is 145 Å². The number of hydrogen-bond donors (Lipinski definition) is 1. The second kappa shape index (κ2) is 7.09. The van der Waals surface area contributed by atoms with Gasteiger partial charge in [-0.2, -0.15) is 5.10 Å². The molecule has 126 valence electrons. The van der Waals surface area contributed by atoms with Gasteiger partial charge in [-0.3, -0.25) is 9.48 Å². The fourth-order valence-electron chi connectivity index (χ4n) is 2.47. The molecule has 7 heteroatoms. The number of nitrogens with one attached hydrogen (secondary N) is 1. The number of aromatic amines is 1. The number of amides is 1. The first kappa shape index (κ1) is 16.6. The van der Waals surface area contributed by atoms with Gasteiger partial charge in [0.25, 0.3) is 0 Å². The molecule has 0 aliphatic carbocycles. The molecule has 1 atom stereocenters. The summed E-state index contributed by atoms with van der Waals surface area (Å²) in [5.74, 6) is 1.44. The maximum Gasteiger partial charge on any atom is 0.232 e. The van der Waals surface area contributed by atoms with Gasteiger partial charge in [0.2, 0.25) is 5.91 Å². The summed E-state index contributed by atoms with van der Waals surface area (Å²) in [4.78, 5) is 22.0. The third kappa shape index (κ3) is 3.79. The fourth-order valence-corrected chi connectivity index (χ4v) is 3.35. The van der Waals surface area contributed by atoms with Gasteiger partial charge >= 0.3 is 0 Å². The van der Waals surface area contributed by atoms with Crippen molar-refractivity contribution in [2.24, 2.45) is 7.05 Å². The van der Waals surface area contributed by atoms with Gasteiger partial charge in [0.1, 0.15) is 5.82 Å². The van der Waals surface area contributed by atoms with Crippen molar-refractivity contribution in [3.05, 3.63) is 48.0 Å². The van der Waals surface area contributed by atoms with Crippen LogP contribution in [0, 0.1) is 0 Å². The first-order valence-corrected chi connectivity index (χ1v) is 8.85. The van der Waals surface area contributed by atoms with Gasteiger partial charge in [0.15, 0.2) is 0 Å². The zero-order chi connectivity index (χ0) is 17.1. The maximum atomic E-state index is 12.3. The number of carbonyl (C=O) groups excluding carboxylic acids is 1. The van der Waals surface area contributed by atoms with Crippen LogP contribution in [0.15, 0.2) is 36.7 Å². The molecule has 1 aromatic carbocycles. The van der Waals surface area contributed by atoms with E-state index in [4.69, 9.17) is 0 Å². The van der Waals surface area contributed by atoms with Crippen LogP contribution >= 0.6 is 11.8 Å². The third-order valence-electron chi connectivity index (χ3n) is 3.85. The number of fused-ring (bicyclic) bond motifs is 1. The lowest BCUT2D eigenvalue weighted by atomic mass is 10.3. The normalized spacial score (nSPS) is 12.5. The Morgan fingerprint density at radius 3 is 2.92 bits per heavy atom. The van der Waals surface area contributed by atoms with Gasteiger partial charge in [-0.25, -0.2) is 4.98 Å². The number of thioether (sulfide) groups is 1. The van der Waals surface area contributed by atoms with Gasteiger partial charge in [-0.05, 0) is 19.1 Å². The fraction of sp³-hybridized carbons (Fsp3) is 0.353. The van der Waals surface area contributed by atoms with E-state index in [2.05, 4.69) is 22.0 Å². The Kier molecular flexibility index (Phi) is 4.89. The van der Waals surface area contributed by atoms with Gasteiger partial charge in [0, 0.05) is 32.4 Å². The van der Waals surface area contributed by atoms with Crippen molar-refractivity contribution in [1.82, 2.24) is 24.6 Å². The van der Waals surface area contributed by atoms with Crippen molar-refractivity contribution in [3.8, 4) is 0 Å². The molecule has 2 aromatic heterocycles. The molecule has 1 N–H and O–H groups in total. The van der Waals surface area contributed by atoms with Crippen molar-refractivity contribution in [3.63, 3.8) is 0 Å². The number of aromatic nitrogens is 4. The number of imidazole rings is 1. The largest absolute Gasteiger partial charge is 0.341 e. The molecule has 0 aliphatic rings. The third-order valence-corrected chi connectivity index (χ3v) is 4.99. The highest BCUT2D eigenvalue weighted by molar-refractivity contribution is 8.00. The predicted octanol–water partition coefficient (Wildman–Crippen LogP) is 2.75. The van der Waals surface area contributed by atoms with E-state index in [-0.39, 0.29) is 11.2 Å². The Morgan fingerprint density at radius 2 is 2.21 bits per heavy atom. The highest BCUT2D eigenvalue weighted by Crippen LogP contribution is 2.27. The van der Waals surface area contributed by atoms with Crippen molar-refractivity contribution in [2.45, 2.75) is 18.7 Å². The molecule has 0 saturated carbocycles. The molecule has 0 aliphatic heterocycles. The summed E-state index contributed by atoms with van der Waals surface area (Å²) in [6, 6.07) is 7.95. The number of nitrogens with zero attached hydrogens (tertiary/aromatic N) is 4. The van der Waals surface area contributed by atoms with E-state index in [1.54, 1.807) is 27.5 Å². The molecule has 0 radical (unpaired) electrons. The minimum absolute atomic E-state index is 0.104. The Balaban J connectivity index is 1.54. The average Bonchev–Trinajstić information content (AvgIpc) is 3.18. The molecule has 0 bridgehead atoms. The van der Waals surface area contributed by atoms with Crippen molar-refractivity contribution in [2.75, 3.05) is 12.8 Å². The van der Waals surface area contributed by atoms with Crippen molar-refractivity contribution >= 4 is 28.7 Å². The lowest BCUT2D eigenvalue weighted by molar-refractivity contribution is -0.127. The number of aryl methyl sites for hydroxylation is 1. The summed E-state index contributed by atoms with van der Waals surface area (Å²) in [5, 5.41) is 4.26. The molecule has 1 unspecified atom stereocenters. The number of hydrogen-bond acceptors (Lipinski definition) is 4. The molecule has 6 nitrogen and oxygen atoms in total. The molecule has 0 saturated heterocycles. The number of H-pyrrole nitrogens is 1. The maximum absolute atomic E-state index is 12.3. The lowest BCUT2D eigenvalue weighted by Gasteiger charge is -2.17. The van der Waals surface area contributed by atoms with Crippen LogP contribution in [0.1, 0.15) is 23.6 Å². The van der Waals surface area contributed by atoms with Crippen LogP contribution in [0.2, 0.25) is 0 Å². The van der Waals surface area contributed by atoms with Crippen LogP contribution in [0.4, 0.5) is 0 Å². The summed E-state index contributed by atoms with van der Waals surface area (Å²) in [5.41, 5.74) is 3.02. The number of para-hydroxylation sites is 2. The SMILES string of the molecule is CC(SCC(=O)N(C)Cc1cnn(C)c1)c1nc2ccccc2[nH]1. The van der Waals surface area contributed by atoms with E-state index >= 15 is 0 Å². The summed E-state index contributed by atoms with van der Waals surface area (Å²) in [6.45, 7) is 2.64. The highest BCUT2D eigenvalue weighted by atomic mass is 32.2. The van der Waals surface area contributed by atoms with Crippen LogP contribution in [0.3, 0.4) is 0 Å². The topological polar surface area (TPSA) is 66.8 Å². The Hall–Kier alpha value is -2.28. The summed E-state index contributed by atoms with van der Waals surface area (Å²) in [7, 11) is 3.69. The predicted molar refractivity (Wildman–Crippen MR) is 96.6 cm³/mol. The Bertz CT molecular complexity index is 807. The molecular weight excluding hydrogens is 322 g/mol. The van der Waals surface area contributed by atoms with Crippen LogP contribution in [-0.4, -0.2) is 43.4 Å². The number of benzene rings is 1. The van der Waals surface area contributed by atoms with Crippen LogP contribution < -0.4 is 0 Å². The Morgan fingerprint density at radius 1 is 1.42 bits per heavy atom. The van der Waals surface area contributed by atoms with Gasteiger partial charge in [-0.1, -0.05) is 12.1 Å². The van der Waals surface area contributed by atoms with E-state index < -0.39 is 0 Å². The number of carbonyl (C=O) groups is 1. The minimum Gasteiger partial charge on any atom is -0.341 e. The average molecular weight is 343 g/mol. The molecule has 3 aromatic rings. The van der Waals surface area contributed by atoms with E-state index in [1.807, 2.05) is 44.6 Å². The first-order chi connectivity index (χ1) is 11.5. The van der Waals surface area contributed by atoms with Gasteiger partial charge in [0.05, 0.1) is 28.2 Å².